The zero-order valence-electron chi connectivity index (χ0n) is 9.28. The highest BCUT2D eigenvalue weighted by Crippen LogP contribution is 1.97. The second-order valence-electron chi connectivity index (χ2n) is 3.66. The molecule has 0 saturated carbocycles. The van der Waals surface area contributed by atoms with Crippen LogP contribution in [0.2, 0.25) is 0 Å². The van der Waals surface area contributed by atoms with Gasteiger partial charge in [0, 0.05) is 32.8 Å². The molecule has 0 aliphatic heterocycles. The van der Waals surface area contributed by atoms with Gasteiger partial charge >= 0.3 is 0 Å². The zero-order valence-corrected chi connectivity index (χ0v) is 9.28. The van der Waals surface area contributed by atoms with Crippen LogP contribution in [-0.2, 0) is 11.3 Å². The highest BCUT2D eigenvalue weighted by Gasteiger charge is 2.00. The summed E-state index contributed by atoms with van der Waals surface area (Å²) in [6.45, 7) is 2.44. The van der Waals surface area contributed by atoms with Gasteiger partial charge in [-0.15, -0.1) is 0 Å². The maximum Gasteiger partial charge on any atom is 0.0477 e. The van der Waals surface area contributed by atoms with Crippen LogP contribution in [0.4, 0.5) is 0 Å². The Kier molecular flexibility index (Phi) is 6.00. The minimum absolute atomic E-state index is 0.175. The van der Waals surface area contributed by atoms with Crippen LogP contribution in [0, 0.1) is 0 Å². The van der Waals surface area contributed by atoms with Crippen LogP contribution in [0.15, 0.2) is 30.3 Å². The topological polar surface area (TPSA) is 47.3 Å². The maximum atomic E-state index is 5.88. The lowest BCUT2D eigenvalue weighted by molar-refractivity contribution is 0.187. The van der Waals surface area contributed by atoms with E-state index in [-0.39, 0.29) is 6.04 Å². The molecule has 1 aromatic rings. The molecule has 0 fully saturated rings. The Hall–Kier alpha value is -0.900. The number of nitrogens with two attached hydrogens (primary N) is 1. The van der Waals surface area contributed by atoms with E-state index in [1.165, 1.54) is 5.56 Å². The normalized spacial score (nSPS) is 12.7. The summed E-state index contributed by atoms with van der Waals surface area (Å²) in [6, 6.07) is 10.5. The van der Waals surface area contributed by atoms with E-state index < -0.39 is 0 Å². The molecule has 0 aliphatic carbocycles. The van der Waals surface area contributed by atoms with Crippen molar-refractivity contribution in [3.63, 3.8) is 0 Å². The molecule has 3 nitrogen and oxygen atoms in total. The third-order valence-corrected chi connectivity index (χ3v) is 2.27. The molecule has 15 heavy (non-hydrogen) atoms. The van der Waals surface area contributed by atoms with Crippen LogP contribution in [0.1, 0.15) is 12.0 Å². The van der Waals surface area contributed by atoms with E-state index in [9.17, 15) is 0 Å². The SMILES string of the molecule is COCCC(N)CNCc1ccccc1. The Morgan fingerprint density at radius 1 is 1.33 bits per heavy atom. The monoisotopic (exact) mass is 208 g/mol. The van der Waals surface area contributed by atoms with Crippen LogP contribution < -0.4 is 11.1 Å². The summed E-state index contributed by atoms with van der Waals surface area (Å²) in [5, 5.41) is 3.33. The molecular weight excluding hydrogens is 188 g/mol. The second kappa shape index (κ2) is 7.40. The molecule has 0 bridgehead atoms. The van der Waals surface area contributed by atoms with Gasteiger partial charge in [-0.1, -0.05) is 30.3 Å². The second-order valence-corrected chi connectivity index (χ2v) is 3.66. The lowest BCUT2D eigenvalue weighted by Gasteiger charge is -2.12. The van der Waals surface area contributed by atoms with Crippen molar-refractivity contribution in [3.8, 4) is 0 Å². The molecule has 3 heteroatoms. The van der Waals surface area contributed by atoms with Crippen molar-refractivity contribution < 1.29 is 4.74 Å². The van der Waals surface area contributed by atoms with E-state index in [0.717, 1.165) is 26.1 Å². The van der Waals surface area contributed by atoms with Crippen molar-refractivity contribution >= 4 is 0 Å². The van der Waals surface area contributed by atoms with Gasteiger partial charge in [0.05, 0.1) is 0 Å². The Morgan fingerprint density at radius 3 is 2.73 bits per heavy atom. The molecule has 0 aliphatic rings. The van der Waals surface area contributed by atoms with E-state index in [2.05, 4.69) is 17.4 Å². The molecule has 84 valence electrons. The fourth-order valence-electron chi connectivity index (χ4n) is 1.37. The minimum Gasteiger partial charge on any atom is -0.385 e. The average Bonchev–Trinajstić information content (AvgIpc) is 2.28. The van der Waals surface area contributed by atoms with Crippen molar-refractivity contribution in [2.75, 3.05) is 20.3 Å². The Labute approximate surface area is 91.6 Å². The zero-order chi connectivity index (χ0) is 10.9. The predicted octanol–water partition coefficient (Wildman–Crippen LogP) is 1.14. The van der Waals surface area contributed by atoms with E-state index in [0.29, 0.717) is 0 Å². The first-order chi connectivity index (χ1) is 7.33. The summed E-state index contributed by atoms with van der Waals surface area (Å²) in [4.78, 5) is 0. The first-order valence-corrected chi connectivity index (χ1v) is 5.32. The smallest absolute Gasteiger partial charge is 0.0477 e. The van der Waals surface area contributed by atoms with Gasteiger partial charge in [-0.05, 0) is 12.0 Å². The molecule has 0 spiro atoms. The van der Waals surface area contributed by atoms with E-state index in [1.54, 1.807) is 7.11 Å². The quantitative estimate of drug-likeness (QED) is 0.706. The standard InChI is InChI=1S/C12H20N2O/c1-15-8-7-12(13)10-14-9-11-5-3-2-4-6-11/h2-6,12,14H,7-10,13H2,1H3. The van der Waals surface area contributed by atoms with Crippen molar-refractivity contribution in [2.45, 2.75) is 19.0 Å². The summed E-state index contributed by atoms with van der Waals surface area (Å²) in [7, 11) is 1.70. The molecule has 1 aromatic carbocycles. The van der Waals surface area contributed by atoms with Gasteiger partial charge in [0.25, 0.3) is 0 Å². The van der Waals surface area contributed by atoms with Crippen molar-refractivity contribution in [3.05, 3.63) is 35.9 Å². The van der Waals surface area contributed by atoms with Gasteiger partial charge < -0.3 is 15.8 Å². The number of hydrogen-bond acceptors (Lipinski definition) is 3. The van der Waals surface area contributed by atoms with Gasteiger partial charge in [0.2, 0.25) is 0 Å². The lowest BCUT2D eigenvalue weighted by Crippen LogP contribution is -2.34. The molecule has 0 heterocycles. The first-order valence-electron chi connectivity index (χ1n) is 5.32. The molecule has 0 amide bonds. The molecular formula is C12H20N2O. The largest absolute Gasteiger partial charge is 0.385 e. The number of nitrogens with one attached hydrogen (secondary N) is 1. The predicted molar refractivity (Wildman–Crippen MR) is 62.6 cm³/mol. The minimum atomic E-state index is 0.175. The van der Waals surface area contributed by atoms with Crippen LogP contribution in [0.25, 0.3) is 0 Å². The van der Waals surface area contributed by atoms with Gasteiger partial charge in [0.15, 0.2) is 0 Å². The fourth-order valence-corrected chi connectivity index (χ4v) is 1.37. The van der Waals surface area contributed by atoms with E-state index in [1.807, 2.05) is 18.2 Å². The van der Waals surface area contributed by atoms with Crippen LogP contribution >= 0.6 is 0 Å². The third kappa shape index (κ3) is 5.52. The summed E-state index contributed by atoms with van der Waals surface area (Å²) in [5.41, 5.74) is 7.17. The molecule has 0 saturated heterocycles. The summed E-state index contributed by atoms with van der Waals surface area (Å²) < 4.78 is 4.97. The average molecular weight is 208 g/mol. The third-order valence-electron chi connectivity index (χ3n) is 2.27. The highest BCUT2D eigenvalue weighted by molar-refractivity contribution is 5.14. The summed E-state index contributed by atoms with van der Waals surface area (Å²) in [5.74, 6) is 0. The molecule has 0 aromatic heterocycles. The Bertz CT molecular complexity index is 251. The molecule has 1 unspecified atom stereocenters. The number of hydrogen-bond donors (Lipinski definition) is 2. The highest BCUT2D eigenvalue weighted by atomic mass is 16.5. The molecule has 1 atom stereocenters. The lowest BCUT2D eigenvalue weighted by atomic mass is 10.2. The molecule has 1 rings (SSSR count). The van der Waals surface area contributed by atoms with Crippen molar-refractivity contribution in [1.29, 1.82) is 0 Å². The number of ether oxygens (including phenoxy) is 1. The number of methoxy groups -OCH3 is 1. The van der Waals surface area contributed by atoms with Gasteiger partial charge in [-0.3, -0.25) is 0 Å². The Morgan fingerprint density at radius 2 is 2.07 bits per heavy atom. The molecule has 0 radical (unpaired) electrons. The van der Waals surface area contributed by atoms with Crippen LogP contribution in [-0.4, -0.2) is 26.3 Å². The van der Waals surface area contributed by atoms with Gasteiger partial charge in [-0.25, -0.2) is 0 Å². The summed E-state index contributed by atoms with van der Waals surface area (Å²) in [6.07, 6.45) is 0.901. The van der Waals surface area contributed by atoms with Crippen LogP contribution in [0.5, 0.6) is 0 Å². The van der Waals surface area contributed by atoms with E-state index in [4.69, 9.17) is 10.5 Å². The number of rotatable bonds is 7. The maximum absolute atomic E-state index is 5.88. The summed E-state index contributed by atoms with van der Waals surface area (Å²) >= 11 is 0. The van der Waals surface area contributed by atoms with Crippen LogP contribution in [0.3, 0.4) is 0 Å². The van der Waals surface area contributed by atoms with E-state index >= 15 is 0 Å². The fraction of sp³-hybridized carbons (Fsp3) is 0.500. The molecule has 3 N–H and O–H groups in total. The van der Waals surface area contributed by atoms with Crippen molar-refractivity contribution in [2.24, 2.45) is 5.73 Å². The van der Waals surface area contributed by atoms with Crippen molar-refractivity contribution in [1.82, 2.24) is 5.32 Å². The first kappa shape index (κ1) is 12.2. The van der Waals surface area contributed by atoms with Gasteiger partial charge in [0.1, 0.15) is 0 Å². The number of benzene rings is 1. The van der Waals surface area contributed by atoms with Gasteiger partial charge in [-0.2, -0.15) is 0 Å². The Balaban J connectivity index is 2.11.